The summed E-state index contributed by atoms with van der Waals surface area (Å²) in [5.41, 5.74) is 0.706. The number of hydrogen-bond acceptors (Lipinski definition) is 3. The van der Waals surface area contributed by atoms with Crippen molar-refractivity contribution in [1.82, 2.24) is 4.90 Å². The van der Waals surface area contributed by atoms with Gasteiger partial charge in [-0.15, -0.1) is 0 Å². The molecule has 0 aromatic heterocycles. The Hall–Kier alpha value is -2.08. The molecule has 0 bridgehead atoms. The summed E-state index contributed by atoms with van der Waals surface area (Å²) < 4.78 is 5.17. The van der Waals surface area contributed by atoms with Crippen LogP contribution in [0.4, 0.5) is 5.69 Å². The normalized spacial score (nSPS) is 23.3. The van der Waals surface area contributed by atoms with Gasteiger partial charge in [-0.25, -0.2) is 0 Å². The second kappa shape index (κ2) is 9.22. The molecule has 1 saturated heterocycles. The predicted molar refractivity (Wildman–Crippen MR) is 105 cm³/mol. The zero-order valence-electron chi connectivity index (χ0n) is 16.5. The van der Waals surface area contributed by atoms with E-state index < -0.39 is 0 Å². The van der Waals surface area contributed by atoms with Gasteiger partial charge in [0, 0.05) is 24.8 Å². The Bertz CT molecular complexity index is 664. The molecule has 148 valence electrons. The highest BCUT2D eigenvalue weighted by Gasteiger charge is 2.33. The summed E-state index contributed by atoms with van der Waals surface area (Å²) in [4.78, 5) is 27.9. The summed E-state index contributed by atoms with van der Waals surface area (Å²) in [6.45, 7) is 2.42. The maximum Gasteiger partial charge on any atom is 0.279 e. The molecule has 2 aliphatic rings. The average molecular weight is 375 g/mol. The highest BCUT2D eigenvalue weighted by Crippen LogP contribution is 2.35. The number of rotatable bonds is 6. The van der Waals surface area contributed by atoms with Crippen molar-refractivity contribution in [3.05, 3.63) is 24.3 Å². The van der Waals surface area contributed by atoms with E-state index in [-0.39, 0.29) is 18.4 Å². The molecule has 0 spiro atoms. The molecule has 1 unspecified atom stereocenters. The molecule has 6 nitrogen and oxygen atoms in total. The van der Waals surface area contributed by atoms with Gasteiger partial charge in [0.15, 0.2) is 13.1 Å². The Labute approximate surface area is 161 Å². The lowest BCUT2D eigenvalue weighted by atomic mass is 9.75. The number of nitrogens with one attached hydrogen (secondary N) is 2. The number of quaternary nitrogens is 1. The molecule has 3 rings (SSSR count). The zero-order chi connectivity index (χ0) is 19.2. The largest absolute Gasteiger partial charge is 0.497 e. The highest BCUT2D eigenvalue weighted by molar-refractivity contribution is 5.91. The summed E-state index contributed by atoms with van der Waals surface area (Å²) >= 11 is 0. The minimum Gasteiger partial charge on any atom is -0.497 e. The van der Waals surface area contributed by atoms with Crippen LogP contribution in [0, 0.1) is 11.8 Å². The van der Waals surface area contributed by atoms with E-state index in [2.05, 4.69) is 5.32 Å². The number of piperidine rings is 1. The van der Waals surface area contributed by atoms with Crippen LogP contribution in [-0.4, -0.2) is 57.1 Å². The topological polar surface area (TPSA) is 63.1 Å². The van der Waals surface area contributed by atoms with Crippen molar-refractivity contribution in [3.8, 4) is 5.75 Å². The molecule has 1 aromatic rings. The molecule has 1 aliphatic carbocycles. The number of fused-ring (bicyclic) bond motifs is 1. The first-order valence-electron chi connectivity index (χ1n) is 10.1. The number of methoxy groups -OCH3 is 1. The predicted octanol–water partition coefficient (Wildman–Crippen LogP) is 1.19. The van der Waals surface area contributed by atoms with Gasteiger partial charge < -0.3 is 19.9 Å². The van der Waals surface area contributed by atoms with E-state index >= 15 is 0 Å². The van der Waals surface area contributed by atoms with E-state index in [1.165, 1.54) is 25.7 Å². The first kappa shape index (κ1) is 19.7. The van der Waals surface area contributed by atoms with Crippen LogP contribution in [0.1, 0.15) is 32.1 Å². The Morgan fingerprint density at radius 2 is 1.96 bits per heavy atom. The standard InChI is InChI=1S/C21H31N3O3/c1-23(14-20(25)22-18-8-5-9-19(12-18)27-2)15-21(26)24-11-10-16-6-3-4-7-17(16)13-24/h5,8-9,12,16-17H,3-4,6-7,10-11,13-15H2,1-2H3,(H,22,25)/p+1/t16-,17-/m1/s1. The number of benzene rings is 1. The number of hydrogen-bond donors (Lipinski definition) is 2. The molecular weight excluding hydrogens is 342 g/mol. The third kappa shape index (κ3) is 5.45. The van der Waals surface area contributed by atoms with E-state index in [0.717, 1.165) is 30.3 Å². The van der Waals surface area contributed by atoms with Gasteiger partial charge in [0.25, 0.3) is 11.8 Å². The zero-order valence-corrected chi connectivity index (χ0v) is 16.5. The second-order valence-electron chi connectivity index (χ2n) is 8.02. The summed E-state index contributed by atoms with van der Waals surface area (Å²) in [6, 6.07) is 7.28. The van der Waals surface area contributed by atoms with Crippen molar-refractivity contribution in [3.63, 3.8) is 0 Å². The van der Waals surface area contributed by atoms with E-state index in [1.807, 2.05) is 30.1 Å². The van der Waals surface area contributed by atoms with E-state index in [1.54, 1.807) is 13.2 Å². The minimum absolute atomic E-state index is 0.0976. The van der Waals surface area contributed by atoms with Crippen LogP contribution in [0.5, 0.6) is 5.75 Å². The Balaban J connectivity index is 1.44. The summed E-state index contributed by atoms with van der Waals surface area (Å²) in [5.74, 6) is 2.29. The third-order valence-corrected chi connectivity index (χ3v) is 5.91. The van der Waals surface area contributed by atoms with Gasteiger partial charge in [0.05, 0.1) is 14.2 Å². The van der Waals surface area contributed by atoms with Crippen molar-refractivity contribution in [2.45, 2.75) is 32.1 Å². The lowest BCUT2D eigenvalue weighted by Crippen LogP contribution is -3.11. The third-order valence-electron chi connectivity index (χ3n) is 5.91. The van der Waals surface area contributed by atoms with Gasteiger partial charge in [-0.2, -0.15) is 0 Å². The van der Waals surface area contributed by atoms with Crippen LogP contribution < -0.4 is 15.0 Å². The molecule has 1 aliphatic heterocycles. The first-order valence-corrected chi connectivity index (χ1v) is 10.1. The van der Waals surface area contributed by atoms with Crippen molar-refractivity contribution in [2.75, 3.05) is 45.7 Å². The van der Waals surface area contributed by atoms with Gasteiger partial charge in [-0.05, 0) is 36.8 Å². The first-order chi connectivity index (χ1) is 13.0. The SMILES string of the molecule is COc1cccc(NC(=O)C[NH+](C)CC(=O)N2CC[C@H]3CCCC[C@@H]3C2)c1. The highest BCUT2D eigenvalue weighted by atomic mass is 16.5. The number of carbonyl (C=O) groups excluding carboxylic acids is 2. The fourth-order valence-corrected chi connectivity index (χ4v) is 4.44. The van der Waals surface area contributed by atoms with E-state index in [4.69, 9.17) is 4.74 Å². The van der Waals surface area contributed by atoms with Gasteiger partial charge in [0.1, 0.15) is 5.75 Å². The van der Waals surface area contributed by atoms with Crippen LogP contribution >= 0.6 is 0 Å². The van der Waals surface area contributed by atoms with Crippen LogP contribution in [0.25, 0.3) is 0 Å². The number of ether oxygens (including phenoxy) is 1. The van der Waals surface area contributed by atoms with Gasteiger partial charge in [0.2, 0.25) is 0 Å². The molecule has 27 heavy (non-hydrogen) atoms. The molecule has 6 heteroatoms. The van der Waals surface area contributed by atoms with Crippen LogP contribution in [0.15, 0.2) is 24.3 Å². The number of likely N-dealkylation sites (N-methyl/N-ethyl adjacent to an activating group) is 1. The number of amides is 2. The lowest BCUT2D eigenvalue weighted by Gasteiger charge is -2.41. The number of likely N-dealkylation sites (tertiary alicyclic amines) is 1. The molecular formula is C21H32N3O3+. The summed E-state index contributed by atoms with van der Waals surface area (Å²) in [5, 5.41) is 2.87. The number of anilines is 1. The van der Waals surface area contributed by atoms with Gasteiger partial charge in [-0.3, -0.25) is 9.59 Å². The van der Waals surface area contributed by atoms with Crippen molar-refractivity contribution >= 4 is 17.5 Å². The molecule has 2 amide bonds. The van der Waals surface area contributed by atoms with Crippen LogP contribution in [-0.2, 0) is 9.59 Å². The van der Waals surface area contributed by atoms with Crippen LogP contribution in [0.3, 0.4) is 0 Å². The Morgan fingerprint density at radius 1 is 1.19 bits per heavy atom. The quantitative estimate of drug-likeness (QED) is 0.786. The lowest BCUT2D eigenvalue weighted by molar-refractivity contribution is -0.862. The van der Waals surface area contributed by atoms with Crippen molar-refractivity contribution in [1.29, 1.82) is 0 Å². The fourth-order valence-electron chi connectivity index (χ4n) is 4.44. The molecule has 3 atom stereocenters. The number of carbonyl (C=O) groups is 2. The van der Waals surface area contributed by atoms with E-state index in [9.17, 15) is 9.59 Å². The summed E-state index contributed by atoms with van der Waals surface area (Å²) in [7, 11) is 3.50. The monoisotopic (exact) mass is 374 g/mol. The average Bonchev–Trinajstić information content (AvgIpc) is 2.67. The molecule has 1 heterocycles. The summed E-state index contributed by atoms with van der Waals surface area (Å²) in [6.07, 6.45) is 6.40. The Morgan fingerprint density at radius 3 is 2.74 bits per heavy atom. The molecule has 0 radical (unpaired) electrons. The molecule has 2 N–H and O–H groups in total. The molecule has 2 fully saturated rings. The van der Waals surface area contributed by atoms with Gasteiger partial charge >= 0.3 is 0 Å². The Kier molecular flexibility index (Phi) is 6.72. The van der Waals surface area contributed by atoms with Gasteiger partial charge in [-0.1, -0.05) is 25.3 Å². The van der Waals surface area contributed by atoms with Crippen LogP contribution in [0.2, 0.25) is 0 Å². The molecule has 1 saturated carbocycles. The smallest absolute Gasteiger partial charge is 0.279 e. The van der Waals surface area contributed by atoms with Crippen molar-refractivity contribution in [2.24, 2.45) is 11.8 Å². The fraction of sp³-hybridized carbons (Fsp3) is 0.619. The second-order valence-corrected chi connectivity index (χ2v) is 8.02. The maximum absolute atomic E-state index is 12.7. The van der Waals surface area contributed by atoms with E-state index in [0.29, 0.717) is 23.9 Å². The van der Waals surface area contributed by atoms with Crippen molar-refractivity contribution < 1.29 is 19.2 Å². The number of nitrogens with zero attached hydrogens (tertiary/aromatic N) is 1. The molecule has 1 aromatic carbocycles. The maximum atomic E-state index is 12.7. The minimum atomic E-state index is -0.0976.